The Bertz CT molecular complexity index is 1970. The Morgan fingerprint density at radius 1 is 1.00 bits per heavy atom. The van der Waals surface area contributed by atoms with Crippen LogP contribution in [0.4, 0.5) is 0 Å². The largest absolute Gasteiger partial charge is 0.496 e. The van der Waals surface area contributed by atoms with Crippen LogP contribution in [0.25, 0.3) is 22.3 Å². The highest BCUT2D eigenvalue weighted by Gasteiger charge is 2.19. The van der Waals surface area contributed by atoms with Gasteiger partial charge in [-0.2, -0.15) is 9.78 Å². The Morgan fingerprint density at radius 2 is 1.78 bits per heavy atom. The predicted octanol–water partition coefficient (Wildman–Crippen LogP) is 9.43. The summed E-state index contributed by atoms with van der Waals surface area (Å²) < 4.78 is 19.7. The summed E-state index contributed by atoms with van der Waals surface area (Å²) in [6, 6.07) is 20.3. The van der Waals surface area contributed by atoms with Gasteiger partial charge in [0, 0.05) is 5.56 Å². The molecule has 1 heterocycles. The van der Waals surface area contributed by atoms with Gasteiger partial charge in [-0.15, -0.1) is 0 Å². The number of nitrogens with zero attached hydrogens (tertiary/aromatic N) is 3. The highest BCUT2D eigenvalue weighted by molar-refractivity contribution is 9.10. The molecule has 0 fully saturated rings. The first kappa shape index (κ1) is 32.5. The van der Waals surface area contributed by atoms with Gasteiger partial charge < -0.3 is 14.2 Å². The lowest BCUT2D eigenvalue weighted by molar-refractivity contribution is 0.267. The molecule has 5 aromatic rings. The predicted molar refractivity (Wildman–Crippen MR) is 186 cm³/mol. The summed E-state index contributed by atoms with van der Waals surface area (Å²) in [5, 5.41) is 6.09. The van der Waals surface area contributed by atoms with E-state index < -0.39 is 0 Å². The van der Waals surface area contributed by atoms with Crippen molar-refractivity contribution in [2.75, 3.05) is 13.7 Å². The standard InChI is InChI=1S/C35H32BrCl2N3O4/c1-6-44-32-16-23(14-27(36)33(32)45-19-22-11-12-28(37)29(38)15-22)18-39-41-34(40-30-10-8-7-9-24(30)35(41)42)26-17-25(20(2)3)31(43-5)13-21(26)4/h7-18,20H,6,19H2,1-5H3. The summed E-state index contributed by atoms with van der Waals surface area (Å²) in [4.78, 5) is 18.8. The molecule has 0 spiro atoms. The van der Waals surface area contributed by atoms with E-state index in [1.165, 1.54) is 4.68 Å². The molecule has 0 N–H and O–H groups in total. The van der Waals surface area contributed by atoms with Crippen molar-refractivity contribution < 1.29 is 14.2 Å². The Labute approximate surface area is 280 Å². The smallest absolute Gasteiger partial charge is 0.282 e. The minimum atomic E-state index is -0.279. The van der Waals surface area contributed by atoms with Crippen LogP contribution in [0.5, 0.6) is 17.2 Å². The van der Waals surface area contributed by atoms with Crippen LogP contribution in [0.3, 0.4) is 0 Å². The number of fused-ring (bicyclic) bond motifs is 1. The number of methoxy groups -OCH3 is 1. The molecule has 4 aromatic carbocycles. The summed E-state index contributed by atoms with van der Waals surface area (Å²) in [6.45, 7) is 8.74. The van der Waals surface area contributed by atoms with Crippen molar-refractivity contribution in [2.45, 2.75) is 40.2 Å². The zero-order valence-corrected chi connectivity index (χ0v) is 28.6. The highest BCUT2D eigenvalue weighted by atomic mass is 79.9. The Balaban J connectivity index is 1.58. The number of aromatic nitrogens is 2. The van der Waals surface area contributed by atoms with E-state index in [0.29, 0.717) is 54.9 Å². The maximum Gasteiger partial charge on any atom is 0.282 e. The summed E-state index contributed by atoms with van der Waals surface area (Å²) in [7, 11) is 1.66. The van der Waals surface area contributed by atoms with Gasteiger partial charge in [-0.25, -0.2) is 4.98 Å². The average molecular weight is 709 g/mol. The normalized spacial score (nSPS) is 11.5. The molecule has 0 bridgehead atoms. The van der Waals surface area contributed by atoms with Crippen LogP contribution in [0, 0.1) is 6.92 Å². The molecule has 7 nitrogen and oxygen atoms in total. The van der Waals surface area contributed by atoms with E-state index in [1.807, 2.05) is 62.4 Å². The number of para-hydroxylation sites is 1. The molecule has 232 valence electrons. The molecule has 0 radical (unpaired) electrons. The van der Waals surface area contributed by atoms with E-state index in [9.17, 15) is 4.79 Å². The molecule has 0 unspecified atom stereocenters. The van der Waals surface area contributed by atoms with Crippen LogP contribution < -0.4 is 19.8 Å². The molecule has 0 amide bonds. The van der Waals surface area contributed by atoms with Crippen LogP contribution in [0.1, 0.15) is 48.9 Å². The van der Waals surface area contributed by atoms with E-state index in [0.717, 1.165) is 28.0 Å². The second-order valence-corrected chi connectivity index (χ2v) is 12.3. The second kappa shape index (κ2) is 14.1. The van der Waals surface area contributed by atoms with E-state index in [1.54, 1.807) is 31.5 Å². The third-order valence-corrected chi connectivity index (χ3v) is 8.54. The summed E-state index contributed by atoms with van der Waals surface area (Å²) >= 11 is 15.9. The molecule has 0 atom stereocenters. The van der Waals surface area contributed by atoms with Gasteiger partial charge in [-0.05, 0) is 106 Å². The van der Waals surface area contributed by atoms with E-state index in [4.69, 9.17) is 42.4 Å². The third-order valence-electron chi connectivity index (χ3n) is 7.21. The van der Waals surface area contributed by atoms with Crippen molar-refractivity contribution in [2.24, 2.45) is 5.10 Å². The van der Waals surface area contributed by atoms with Crippen LogP contribution in [-0.2, 0) is 6.61 Å². The fraction of sp³-hybridized carbons (Fsp3) is 0.229. The minimum Gasteiger partial charge on any atom is -0.496 e. The maximum atomic E-state index is 13.9. The number of rotatable bonds is 10. The van der Waals surface area contributed by atoms with Gasteiger partial charge in [0.1, 0.15) is 12.4 Å². The molecule has 10 heteroatoms. The molecule has 1 aromatic heterocycles. The topological polar surface area (TPSA) is 74.9 Å². The fourth-order valence-electron chi connectivity index (χ4n) is 4.95. The molecular weight excluding hydrogens is 677 g/mol. The summed E-state index contributed by atoms with van der Waals surface area (Å²) in [5.74, 6) is 2.46. The lowest BCUT2D eigenvalue weighted by Crippen LogP contribution is -2.20. The van der Waals surface area contributed by atoms with Gasteiger partial charge in [-0.1, -0.05) is 55.2 Å². The lowest BCUT2D eigenvalue weighted by atomic mass is 9.96. The molecule has 0 saturated heterocycles. The Kier molecular flexibility index (Phi) is 10.2. The van der Waals surface area contributed by atoms with Gasteiger partial charge in [0.25, 0.3) is 5.56 Å². The van der Waals surface area contributed by atoms with Crippen molar-refractivity contribution in [3.05, 3.63) is 114 Å². The first-order valence-electron chi connectivity index (χ1n) is 14.4. The number of hydrogen-bond acceptors (Lipinski definition) is 6. The summed E-state index contributed by atoms with van der Waals surface area (Å²) in [5.41, 5.74) is 4.57. The quantitative estimate of drug-likeness (QED) is 0.135. The lowest BCUT2D eigenvalue weighted by Gasteiger charge is -2.17. The second-order valence-electron chi connectivity index (χ2n) is 10.7. The zero-order valence-electron chi connectivity index (χ0n) is 25.5. The van der Waals surface area contributed by atoms with Gasteiger partial charge in [0.15, 0.2) is 17.3 Å². The average Bonchev–Trinajstić information content (AvgIpc) is 3.01. The van der Waals surface area contributed by atoms with Crippen molar-refractivity contribution >= 4 is 56.2 Å². The number of benzene rings is 4. The van der Waals surface area contributed by atoms with Crippen molar-refractivity contribution in [3.8, 4) is 28.6 Å². The Hall–Kier alpha value is -3.85. The van der Waals surface area contributed by atoms with Gasteiger partial charge >= 0.3 is 0 Å². The number of ether oxygens (including phenoxy) is 3. The van der Waals surface area contributed by atoms with Crippen LogP contribution in [0.15, 0.2) is 81.1 Å². The SMILES string of the molecule is CCOc1cc(C=Nn2c(-c3cc(C(C)C)c(OC)cc3C)nc3ccccc3c2=O)cc(Br)c1OCc1ccc(Cl)c(Cl)c1. The van der Waals surface area contributed by atoms with Gasteiger partial charge in [-0.3, -0.25) is 4.79 Å². The number of hydrogen-bond donors (Lipinski definition) is 0. The Morgan fingerprint density at radius 3 is 2.49 bits per heavy atom. The molecule has 0 aliphatic heterocycles. The van der Waals surface area contributed by atoms with Crippen LogP contribution >= 0.6 is 39.1 Å². The summed E-state index contributed by atoms with van der Waals surface area (Å²) in [6.07, 6.45) is 1.61. The molecule has 0 aliphatic rings. The van der Waals surface area contributed by atoms with Crippen LogP contribution in [-0.4, -0.2) is 29.6 Å². The monoisotopic (exact) mass is 707 g/mol. The molecule has 0 saturated carbocycles. The first-order valence-corrected chi connectivity index (χ1v) is 15.9. The molecule has 0 aliphatic carbocycles. The zero-order chi connectivity index (χ0) is 32.2. The minimum absolute atomic E-state index is 0.190. The van der Waals surface area contributed by atoms with Crippen LogP contribution in [0.2, 0.25) is 10.0 Å². The third kappa shape index (κ3) is 7.03. The first-order chi connectivity index (χ1) is 21.6. The van der Waals surface area contributed by atoms with Crippen molar-refractivity contribution in [3.63, 3.8) is 0 Å². The number of aryl methyl sites for hydroxylation is 1. The fourth-order valence-corrected chi connectivity index (χ4v) is 5.84. The van der Waals surface area contributed by atoms with E-state index in [-0.39, 0.29) is 18.1 Å². The molecular formula is C35H32BrCl2N3O4. The number of halogens is 3. The van der Waals surface area contributed by atoms with E-state index >= 15 is 0 Å². The van der Waals surface area contributed by atoms with Crippen molar-refractivity contribution in [1.82, 2.24) is 9.66 Å². The molecule has 45 heavy (non-hydrogen) atoms. The van der Waals surface area contributed by atoms with Crippen molar-refractivity contribution in [1.29, 1.82) is 0 Å². The van der Waals surface area contributed by atoms with E-state index in [2.05, 4.69) is 34.9 Å². The highest BCUT2D eigenvalue weighted by Crippen LogP contribution is 2.38. The van der Waals surface area contributed by atoms with Gasteiger partial charge in [0.2, 0.25) is 0 Å². The maximum absolute atomic E-state index is 13.9. The van der Waals surface area contributed by atoms with Gasteiger partial charge in [0.05, 0.1) is 45.4 Å². The molecule has 5 rings (SSSR count).